The number of nitrogens with two attached hydrogens (primary N) is 1. The van der Waals surface area contributed by atoms with Gasteiger partial charge in [0.25, 0.3) is 5.69 Å². The Morgan fingerprint density at radius 3 is 3.11 bits per heavy atom. The summed E-state index contributed by atoms with van der Waals surface area (Å²) in [7, 11) is 0. The largest absolute Gasteiger partial charge is 0.342 e. The molecular formula is C12H15N5O2. The van der Waals surface area contributed by atoms with Gasteiger partial charge in [-0.05, 0) is 24.9 Å². The van der Waals surface area contributed by atoms with Crippen molar-refractivity contribution in [2.75, 3.05) is 24.5 Å². The highest BCUT2D eigenvalue weighted by Gasteiger charge is 2.23. The van der Waals surface area contributed by atoms with Crippen LogP contribution in [0.2, 0.25) is 0 Å². The molecule has 100 valence electrons. The van der Waals surface area contributed by atoms with Gasteiger partial charge in [-0.15, -0.1) is 0 Å². The van der Waals surface area contributed by atoms with Gasteiger partial charge in [-0.2, -0.15) is 0 Å². The van der Waals surface area contributed by atoms with Crippen molar-refractivity contribution in [3.05, 3.63) is 28.3 Å². The summed E-state index contributed by atoms with van der Waals surface area (Å²) in [5.74, 6) is 1.27. The number of hydrogen-bond acceptors (Lipinski definition) is 5. The standard InChI is InChI=1S/C12H15N5O2/c13-6-8-3-4-16(7-8)12-14-10-2-1-9(17(18)19)5-11(10)15-12/h1-2,5,8H,3-4,6-7,13H2,(H,14,15)/t8-/m0/s1. The van der Waals surface area contributed by atoms with Crippen molar-refractivity contribution in [2.24, 2.45) is 11.7 Å². The summed E-state index contributed by atoms with van der Waals surface area (Å²) in [5.41, 5.74) is 7.19. The minimum Gasteiger partial charge on any atom is -0.342 e. The van der Waals surface area contributed by atoms with Crippen molar-refractivity contribution in [2.45, 2.75) is 6.42 Å². The number of non-ortho nitro benzene ring substituents is 1. The van der Waals surface area contributed by atoms with E-state index in [0.29, 0.717) is 18.0 Å². The van der Waals surface area contributed by atoms with E-state index in [0.717, 1.165) is 31.0 Å². The number of H-pyrrole nitrogens is 1. The fourth-order valence-corrected chi connectivity index (χ4v) is 2.46. The molecule has 1 atom stereocenters. The molecule has 1 aromatic heterocycles. The summed E-state index contributed by atoms with van der Waals surface area (Å²) in [6.07, 6.45) is 1.06. The number of benzene rings is 1. The molecule has 1 aliphatic rings. The van der Waals surface area contributed by atoms with Crippen molar-refractivity contribution >= 4 is 22.7 Å². The normalized spacial score (nSPS) is 19.2. The Hall–Kier alpha value is -2.15. The van der Waals surface area contributed by atoms with Gasteiger partial charge < -0.3 is 15.6 Å². The van der Waals surface area contributed by atoms with E-state index >= 15 is 0 Å². The predicted octanol–water partition coefficient (Wildman–Crippen LogP) is 1.26. The third kappa shape index (κ3) is 2.12. The number of aromatic nitrogens is 2. The molecule has 3 N–H and O–H groups in total. The zero-order chi connectivity index (χ0) is 13.4. The van der Waals surface area contributed by atoms with Gasteiger partial charge in [0.15, 0.2) is 0 Å². The minimum atomic E-state index is -0.403. The molecular weight excluding hydrogens is 246 g/mol. The Balaban J connectivity index is 1.91. The van der Waals surface area contributed by atoms with Crippen molar-refractivity contribution < 1.29 is 4.92 Å². The van der Waals surface area contributed by atoms with E-state index in [1.54, 1.807) is 6.07 Å². The Morgan fingerprint density at radius 1 is 1.58 bits per heavy atom. The minimum absolute atomic E-state index is 0.0731. The molecule has 0 aliphatic carbocycles. The maximum atomic E-state index is 10.7. The molecule has 19 heavy (non-hydrogen) atoms. The fraction of sp³-hybridized carbons (Fsp3) is 0.417. The molecule has 1 aliphatic heterocycles. The second kappa shape index (κ2) is 4.51. The zero-order valence-corrected chi connectivity index (χ0v) is 10.4. The summed E-state index contributed by atoms with van der Waals surface area (Å²) in [6, 6.07) is 4.66. The number of anilines is 1. The molecule has 0 radical (unpaired) electrons. The number of nitrogens with one attached hydrogen (secondary N) is 1. The summed E-state index contributed by atoms with van der Waals surface area (Å²) in [6.45, 7) is 2.49. The number of nitrogens with zero attached hydrogens (tertiary/aromatic N) is 3. The molecule has 1 aromatic carbocycles. The van der Waals surface area contributed by atoms with Crippen LogP contribution in [0.1, 0.15) is 6.42 Å². The number of hydrogen-bond donors (Lipinski definition) is 2. The molecule has 1 fully saturated rings. The van der Waals surface area contributed by atoms with Gasteiger partial charge in [0.1, 0.15) is 0 Å². The van der Waals surface area contributed by atoms with Crippen molar-refractivity contribution in [3.63, 3.8) is 0 Å². The van der Waals surface area contributed by atoms with Crippen molar-refractivity contribution in [1.82, 2.24) is 9.97 Å². The lowest BCUT2D eigenvalue weighted by molar-refractivity contribution is -0.384. The van der Waals surface area contributed by atoms with Crippen LogP contribution in [0, 0.1) is 16.0 Å². The van der Waals surface area contributed by atoms with Gasteiger partial charge >= 0.3 is 0 Å². The predicted molar refractivity (Wildman–Crippen MR) is 72.1 cm³/mol. The Bertz CT molecular complexity index is 624. The molecule has 7 heteroatoms. The third-order valence-corrected chi connectivity index (χ3v) is 3.58. The number of fused-ring (bicyclic) bond motifs is 1. The summed E-state index contributed by atoms with van der Waals surface area (Å²) in [4.78, 5) is 20.1. The smallest absolute Gasteiger partial charge is 0.271 e. The van der Waals surface area contributed by atoms with E-state index in [1.165, 1.54) is 12.1 Å². The van der Waals surface area contributed by atoms with Crippen LogP contribution in [0.5, 0.6) is 0 Å². The van der Waals surface area contributed by atoms with Crippen LogP contribution in [0.15, 0.2) is 18.2 Å². The van der Waals surface area contributed by atoms with E-state index in [-0.39, 0.29) is 5.69 Å². The fourth-order valence-electron chi connectivity index (χ4n) is 2.46. The molecule has 2 heterocycles. The third-order valence-electron chi connectivity index (χ3n) is 3.58. The molecule has 3 rings (SSSR count). The number of nitro benzene ring substituents is 1. The van der Waals surface area contributed by atoms with Crippen LogP contribution in [-0.4, -0.2) is 34.5 Å². The topological polar surface area (TPSA) is 101 Å². The Morgan fingerprint density at radius 2 is 2.42 bits per heavy atom. The molecule has 1 saturated heterocycles. The molecule has 0 bridgehead atoms. The summed E-state index contributed by atoms with van der Waals surface area (Å²) < 4.78 is 0. The second-order valence-electron chi connectivity index (χ2n) is 4.86. The molecule has 0 amide bonds. The monoisotopic (exact) mass is 261 g/mol. The first kappa shape index (κ1) is 11.9. The highest BCUT2D eigenvalue weighted by atomic mass is 16.6. The van der Waals surface area contributed by atoms with E-state index in [2.05, 4.69) is 14.9 Å². The van der Waals surface area contributed by atoms with Gasteiger partial charge in [0.05, 0.1) is 16.0 Å². The van der Waals surface area contributed by atoms with Crippen LogP contribution in [0.4, 0.5) is 11.6 Å². The zero-order valence-electron chi connectivity index (χ0n) is 10.4. The molecule has 0 spiro atoms. The van der Waals surface area contributed by atoms with Crippen LogP contribution < -0.4 is 10.6 Å². The van der Waals surface area contributed by atoms with Gasteiger partial charge in [-0.1, -0.05) is 0 Å². The van der Waals surface area contributed by atoms with Gasteiger partial charge in [-0.25, -0.2) is 4.98 Å². The Labute approximate surface area is 109 Å². The van der Waals surface area contributed by atoms with E-state index < -0.39 is 4.92 Å². The molecule has 0 unspecified atom stereocenters. The number of imidazole rings is 1. The van der Waals surface area contributed by atoms with Crippen LogP contribution in [-0.2, 0) is 0 Å². The van der Waals surface area contributed by atoms with Crippen LogP contribution >= 0.6 is 0 Å². The average molecular weight is 261 g/mol. The molecule has 0 saturated carbocycles. The number of rotatable bonds is 3. The first-order valence-electron chi connectivity index (χ1n) is 6.26. The molecule has 7 nitrogen and oxygen atoms in total. The highest BCUT2D eigenvalue weighted by molar-refractivity contribution is 5.80. The second-order valence-corrected chi connectivity index (χ2v) is 4.86. The van der Waals surface area contributed by atoms with Crippen LogP contribution in [0.25, 0.3) is 11.0 Å². The highest BCUT2D eigenvalue weighted by Crippen LogP contribution is 2.25. The number of aromatic amines is 1. The lowest BCUT2D eigenvalue weighted by atomic mass is 10.1. The maximum absolute atomic E-state index is 10.7. The summed E-state index contributed by atoms with van der Waals surface area (Å²) >= 11 is 0. The van der Waals surface area contributed by atoms with E-state index in [1.807, 2.05) is 0 Å². The van der Waals surface area contributed by atoms with Gasteiger partial charge in [-0.3, -0.25) is 10.1 Å². The van der Waals surface area contributed by atoms with Crippen molar-refractivity contribution in [1.29, 1.82) is 0 Å². The van der Waals surface area contributed by atoms with Crippen molar-refractivity contribution in [3.8, 4) is 0 Å². The Kier molecular flexibility index (Phi) is 2.83. The SMILES string of the molecule is NC[C@@H]1CCN(c2nc3ccc([N+](=O)[O-])cc3[nH]2)C1. The quantitative estimate of drug-likeness (QED) is 0.639. The first-order valence-corrected chi connectivity index (χ1v) is 6.26. The number of nitro groups is 1. The maximum Gasteiger partial charge on any atom is 0.271 e. The van der Waals surface area contributed by atoms with E-state index in [9.17, 15) is 10.1 Å². The molecule has 2 aromatic rings. The lowest BCUT2D eigenvalue weighted by Gasteiger charge is -2.14. The average Bonchev–Trinajstić information content (AvgIpc) is 3.03. The van der Waals surface area contributed by atoms with E-state index in [4.69, 9.17) is 5.73 Å². The first-order chi connectivity index (χ1) is 9.17. The van der Waals surface area contributed by atoms with Crippen LogP contribution in [0.3, 0.4) is 0 Å². The summed E-state index contributed by atoms with van der Waals surface area (Å²) in [5, 5.41) is 10.7. The van der Waals surface area contributed by atoms with Gasteiger partial charge in [0, 0.05) is 25.2 Å². The lowest BCUT2D eigenvalue weighted by Crippen LogP contribution is -2.23. The van der Waals surface area contributed by atoms with Gasteiger partial charge in [0.2, 0.25) is 5.95 Å².